The van der Waals surface area contributed by atoms with E-state index in [2.05, 4.69) is 90.5 Å². The van der Waals surface area contributed by atoms with Gasteiger partial charge in [0.2, 0.25) is 0 Å². The van der Waals surface area contributed by atoms with E-state index in [4.69, 9.17) is 0 Å². The zero-order chi connectivity index (χ0) is 14.7. The number of hydrogen-bond donors (Lipinski definition) is 0. The van der Waals surface area contributed by atoms with Crippen molar-refractivity contribution in [1.29, 1.82) is 0 Å². The lowest BCUT2D eigenvalue weighted by Gasteiger charge is -2.22. The summed E-state index contributed by atoms with van der Waals surface area (Å²) < 4.78 is 2.34. The van der Waals surface area contributed by atoms with Gasteiger partial charge in [-0.15, -0.1) is 0 Å². The van der Waals surface area contributed by atoms with Gasteiger partial charge in [-0.25, -0.2) is 0 Å². The van der Waals surface area contributed by atoms with Gasteiger partial charge in [-0.2, -0.15) is 0 Å². The van der Waals surface area contributed by atoms with Crippen LogP contribution in [-0.4, -0.2) is 16.5 Å². The molecule has 0 saturated heterocycles. The van der Waals surface area contributed by atoms with Crippen LogP contribution < -0.4 is 17.0 Å². The minimum Gasteiger partial charge on any atom is -1.00 e. The smallest absolute Gasteiger partial charge is 0.0900 e. The summed E-state index contributed by atoms with van der Waals surface area (Å²) in [4.78, 5) is 4.63. The van der Waals surface area contributed by atoms with Crippen LogP contribution in [0, 0.1) is 0 Å². The van der Waals surface area contributed by atoms with E-state index in [0.29, 0.717) is 0 Å². The predicted octanol–water partition coefficient (Wildman–Crippen LogP) is 1.96. The van der Waals surface area contributed by atoms with E-state index in [1.165, 1.54) is 20.1 Å². The lowest BCUT2D eigenvalue weighted by molar-refractivity contribution is -0.00000398. The first-order valence-corrected chi connectivity index (χ1v) is 8.44. The summed E-state index contributed by atoms with van der Waals surface area (Å²) in [5, 5.41) is 0. The maximum absolute atomic E-state index is 3.61. The van der Waals surface area contributed by atoms with Crippen LogP contribution in [0.3, 0.4) is 0 Å². The van der Waals surface area contributed by atoms with E-state index in [-0.39, 0.29) is 17.0 Å². The zero-order valence-electron chi connectivity index (χ0n) is 11.9. The van der Waals surface area contributed by atoms with Crippen LogP contribution in [-0.2, 0) is 13.1 Å². The highest BCUT2D eigenvalue weighted by atomic mass is 79.9. The first-order valence-electron chi connectivity index (χ1n) is 6.85. The fourth-order valence-electron chi connectivity index (χ4n) is 2.41. The summed E-state index contributed by atoms with van der Waals surface area (Å²) >= 11 is 7.22. The normalized spacial score (nSPS) is 13.4. The molecule has 0 amide bonds. The molecule has 0 bridgehead atoms. The van der Waals surface area contributed by atoms with Crippen molar-refractivity contribution >= 4 is 31.9 Å². The second kappa shape index (κ2) is 8.18. The lowest BCUT2D eigenvalue weighted by atomic mass is 10.2. The van der Waals surface area contributed by atoms with Gasteiger partial charge < -0.3 is 26.8 Å². The molecule has 1 heterocycles. The Morgan fingerprint density at radius 1 is 0.727 bits per heavy atom. The van der Waals surface area contributed by atoms with Gasteiger partial charge in [0.1, 0.15) is 0 Å². The van der Waals surface area contributed by atoms with Crippen molar-refractivity contribution in [2.75, 3.05) is 6.67 Å². The van der Waals surface area contributed by atoms with Gasteiger partial charge in [-0.3, -0.25) is 0 Å². The molecule has 0 radical (unpaired) electrons. The summed E-state index contributed by atoms with van der Waals surface area (Å²) in [5.74, 6) is 0. The van der Waals surface area contributed by atoms with Gasteiger partial charge in [0, 0.05) is 34.4 Å². The molecule has 0 atom stereocenters. The molecule has 0 aliphatic carbocycles. The van der Waals surface area contributed by atoms with Gasteiger partial charge in [0.15, 0.2) is 0 Å². The first-order chi connectivity index (χ1) is 10.2. The Balaban J connectivity index is 0.00000176. The van der Waals surface area contributed by atoms with Crippen molar-refractivity contribution in [2.45, 2.75) is 13.1 Å². The minimum absolute atomic E-state index is 0. The number of rotatable bonds is 4. The molecule has 3 rings (SSSR count). The Morgan fingerprint density at radius 3 is 1.55 bits per heavy atom. The van der Waals surface area contributed by atoms with Crippen LogP contribution in [0.25, 0.3) is 0 Å². The molecule has 5 heteroatoms. The van der Waals surface area contributed by atoms with E-state index in [1.54, 1.807) is 0 Å². The van der Waals surface area contributed by atoms with Crippen LogP contribution >= 0.6 is 31.9 Å². The molecule has 22 heavy (non-hydrogen) atoms. The number of hydrogen-bond acceptors (Lipinski definition) is 2. The van der Waals surface area contributed by atoms with Crippen LogP contribution in [0.5, 0.6) is 0 Å². The molecule has 1 aliphatic rings. The molecule has 0 N–H and O–H groups in total. The maximum atomic E-state index is 3.61. The lowest BCUT2D eigenvalue weighted by Crippen LogP contribution is -3.00. The highest BCUT2D eigenvalue weighted by Crippen LogP contribution is 2.22. The van der Waals surface area contributed by atoms with Gasteiger partial charge in [-0.05, 0) is 23.3 Å². The van der Waals surface area contributed by atoms with Crippen LogP contribution in [0.15, 0.2) is 69.9 Å². The van der Waals surface area contributed by atoms with E-state index in [9.17, 15) is 0 Å². The van der Waals surface area contributed by atoms with Gasteiger partial charge in [-0.1, -0.05) is 68.3 Å². The van der Waals surface area contributed by atoms with E-state index >= 15 is 0 Å². The van der Waals surface area contributed by atoms with Crippen molar-refractivity contribution in [3.63, 3.8) is 0 Å². The predicted molar refractivity (Wildman–Crippen MR) is 93.4 cm³/mol. The monoisotopic (exact) mass is 485 g/mol. The standard InChI is InChI=1S/C17H16Br2N2.BrH/c18-16-7-3-1-5-14(16)11-20-9-10-21(13-20)12-15-6-2-4-8-17(15)19;/h1-10H,11-13H2;1H/p-1. The van der Waals surface area contributed by atoms with Crippen LogP contribution in [0.2, 0.25) is 0 Å². The summed E-state index contributed by atoms with van der Waals surface area (Å²) in [6.07, 6.45) is 4.33. The molecule has 0 saturated carbocycles. The van der Waals surface area contributed by atoms with Crippen molar-refractivity contribution in [1.82, 2.24) is 9.80 Å². The fourth-order valence-corrected chi connectivity index (χ4v) is 3.23. The van der Waals surface area contributed by atoms with Gasteiger partial charge in [0.25, 0.3) is 0 Å². The Morgan fingerprint density at radius 2 is 1.14 bits per heavy atom. The van der Waals surface area contributed by atoms with Crippen molar-refractivity contribution in [2.24, 2.45) is 0 Å². The second-order valence-electron chi connectivity index (χ2n) is 5.12. The molecule has 2 aromatic rings. The van der Waals surface area contributed by atoms with Gasteiger partial charge >= 0.3 is 0 Å². The molecule has 0 spiro atoms. The number of benzene rings is 2. The quantitative estimate of drug-likeness (QED) is 0.650. The Labute approximate surface area is 158 Å². The fraction of sp³-hybridized carbons (Fsp3) is 0.176. The third-order valence-corrected chi connectivity index (χ3v) is 5.06. The zero-order valence-corrected chi connectivity index (χ0v) is 16.7. The van der Waals surface area contributed by atoms with E-state index in [0.717, 1.165) is 19.8 Å². The number of halogens is 3. The molecule has 0 unspecified atom stereocenters. The molecular weight excluding hydrogens is 472 g/mol. The average Bonchev–Trinajstić information content (AvgIpc) is 2.91. The molecule has 2 nitrogen and oxygen atoms in total. The van der Waals surface area contributed by atoms with E-state index in [1.807, 2.05) is 12.1 Å². The molecule has 116 valence electrons. The average molecular weight is 488 g/mol. The van der Waals surface area contributed by atoms with Crippen molar-refractivity contribution < 1.29 is 17.0 Å². The second-order valence-corrected chi connectivity index (χ2v) is 6.82. The maximum Gasteiger partial charge on any atom is 0.0900 e. The van der Waals surface area contributed by atoms with Crippen molar-refractivity contribution in [3.05, 3.63) is 81.0 Å². The molecular formula is C17H16Br3N2-. The molecule has 1 aliphatic heterocycles. The van der Waals surface area contributed by atoms with Gasteiger partial charge in [0.05, 0.1) is 6.67 Å². The third-order valence-electron chi connectivity index (χ3n) is 3.51. The molecule has 0 fully saturated rings. The summed E-state index contributed by atoms with van der Waals surface area (Å²) in [6, 6.07) is 16.8. The summed E-state index contributed by atoms with van der Waals surface area (Å²) in [5.41, 5.74) is 2.62. The minimum atomic E-state index is 0. The van der Waals surface area contributed by atoms with Crippen LogP contribution in [0.1, 0.15) is 11.1 Å². The molecule has 2 aromatic carbocycles. The topological polar surface area (TPSA) is 6.48 Å². The van der Waals surface area contributed by atoms with Crippen LogP contribution in [0.4, 0.5) is 0 Å². The number of nitrogens with zero attached hydrogens (tertiary/aromatic N) is 2. The third kappa shape index (κ3) is 4.37. The summed E-state index contributed by atoms with van der Waals surface area (Å²) in [7, 11) is 0. The molecule has 0 aromatic heterocycles. The SMILES string of the molecule is Brc1ccccc1CN1C=CN(Cc2ccccc2Br)C1.[Br-]. The largest absolute Gasteiger partial charge is 1.00 e. The first kappa shape index (κ1) is 17.6. The highest BCUT2D eigenvalue weighted by molar-refractivity contribution is 9.10. The summed E-state index contributed by atoms with van der Waals surface area (Å²) in [6.45, 7) is 2.76. The Hall–Kier alpha value is -0.780. The Kier molecular flexibility index (Phi) is 6.53. The van der Waals surface area contributed by atoms with E-state index < -0.39 is 0 Å². The Bertz CT molecular complexity index is 602. The van der Waals surface area contributed by atoms with Crippen molar-refractivity contribution in [3.8, 4) is 0 Å². The highest BCUT2D eigenvalue weighted by Gasteiger charge is 2.14.